The van der Waals surface area contributed by atoms with Gasteiger partial charge in [0.05, 0.1) is 17.5 Å². The minimum absolute atomic E-state index is 0.0869. The average molecular weight is 463 g/mol. The van der Waals surface area contributed by atoms with Crippen LogP contribution in [-0.2, 0) is 20.8 Å². The number of hydrogen-bond donors (Lipinski definition) is 2. The zero-order valence-corrected chi connectivity index (χ0v) is 18.5. The Balaban J connectivity index is 1.34. The van der Waals surface area contributed by atoms with Crippen molar-refractivity contribution in [2.75, 3.05) is 5.32 Å². The first-order chi connectivity index (χ1) is 15.9. The van der Waals surface area contributed by atoms with E-state index >= 15 is 0 Å². The number of carbonyl (C=O) groups excluding carboxylic acids is 3. The molecule has 2 aromatic rings. The number of likely N-dealkylation sites (tertiary alicyclic amines) is 1. The SMILES string of the molecule is O=C(Nc1cc(Cl)ccc1O)[C@H](Cc1ccccc1)N1C(=O)[C@@H]2[C@H]3C=C[C@@H]([C@@H]4C[C@H]34)[C@@H]2C1=O. The molecule has 2 saturated carbocycles. The number of allylic oxidation sites excluding steroid dienone is 2. The molecule has 33 heavy (non-hydrogen) atoms. The number of rotatable bonds is 5. The Hall–Kier alpha value is -3.12. The summed E-state index contributed by atoms with van der Waals surface area (Å²) in [6.45, 7) is 0. The van der Waals surface area contributed by atoms with Gasteiger partial charge in [-0.2, -0.15) is 0 Å². The van der Waals surface area contributed by atoms with Crippen LogP contribution in [0.4, 0.5) is 5.69 Å². The number of benzene rings is 2. The van der Waals surface area contributed by atoms with Crippen LogP contribution in [0.5, 0.6) is 5.75 Å². The van der Waals surface area contributed by atoms with Crippen LogP contribution in [0.2, 0.25) is 5.02 Å². The summed E-state index contributed by atoms with van der Waals surface area (Å²) in [6.07, 6.45) is 5.51. The van der Waals surface area contributed by atoms with E-state index in [9.17, 15) is 19.5 Å². The fraction of sp³-hybridized carbons (Fsp3) is 0.346. The molecular weight excluding hydrogens is 440 g/mol. The van der Waals surface area contributed by atoms with Gasteiger partial charge >= 0.3 is 0 Å². The van der Waals surface area contributed by atoms with Crippen LogP contribution in [0.15, 0.2) is 60.7 Å². The maximum absolute atomic E-state index is 13.6. The Labute approximate surface area is 196 Å². The molecule has 0 spiro atoms. The second kappa shape index (κ2) is 7.45. The minimum atomic E-state index is -1.02. The van der Waals surface area contributed by atoms with E-state index in [0.29, 0.717) is 16.9 Å². The van der Waals surface area contributed by atoms with Crippen LogP contribution in [0, 0.1) is 35.5 Å². The highest BCUT2D eigenvalue weighted by molar-refractivity contribution is 6.31. The quantitative estimate of drug-likeness (QED) is 0.403. The molecule has 2 aromatic carbocycles. The number of phenolic OH excluding ortho intramolecular Hbond substituents is 1. The standard InChI is InChI=1S/C26H23ClN2O4/c27-14-6-9-21(30)19(11-14)28-24(31)20(10-13-4-2-1-3-5-13)29-25(32)22-15-7-8-16(18-12-17(15)18)23(22)26(29)33/h1-9,11,15-18,20,22-23,30H,10,12H2,(H,28,31)/t15-,16-,17-,18+,20-,22-,23+/m0/s1. The second-order valence-electron chi connectivity index (χ2n) is 9.56. The Morgan fingerprint density at radius 1 is 1.03 bits per heavy atom. The lowest BCUT2D eigenvalue weighted by Gasteiger charge is -2.37. The van der Waals surface area contributed by atoms with E-state index in [1.165, 1.54) is 23.1 Å². The van der Waals surface area contributed by atoms with Gasteiger partial charge in [0, 0.05) is 11.4 Å². The third-order valence-corrected chi connectivity index (χ3v) is 8.03. The first kappa shape index (κ1) is 20.5. The molecule has 1 heterocycles. The summed E-state index contributed by atoms with van der Waals surface area (Å²) in [5.74, 6) is -0.757. The van der Waals surface area contributed by atoms with E-state index in [4.69, 9.17) is 11.6 Å². The molecule has 2 N–H and O–H groups in total. The number of nitrogens with zero attached hydrogens (tertiary/aromatic N) is 1. The maximum Gasteiger partial charge on any atom is 0.248 e. The Morgan fingerprint density at radius 2 is 1.67 bits per heavy atom. The van der Waals surface area contributed by atoms with Crippen molar-refractivity contribution < 1.29 is 19.5 Å². The third-order valence-electron chi connectivity index (χ3n) is 7.80. The molecule has 7 heteroatoms. The van der Waals surface area contributed by atoms with Crippen LogP contribution < -0.4 is 5.32 Å². The summed E-state index contributed by atoms with van der Waals surface area (Å²) in [5, 5.41) is 13.2. The van der Waals surface area contributed by atoms with E-state index < -0.39 is 11.9 Å². The summed E-state index contributed by atoms with van der Waals surface area (Å²) in [4.78, 5) is 42.0. The number of hydrogen-bond acceptors (Lipinski definition) is 4. The van der Waals surface area contributed by atoms with E-state index in [1.54, 1.807) is 0 Å². The number of aromatic hydroxyl groups is 1. The fourth-order valence-electron chi connectivity index (χ4n) is 6.25. The van der Waals surface area contributed by atoms with Gasteiger partial charge in [-0.05, 0) is 53.9 Å². The first-order valence-corrected chi connectivity index (χ1v) is 11.7. The zero-order valence-electron chi connectivity index (χ0n) is 17.7. The molecule has 1 aliphatic heterocycles. The van der Waals surface area contributed by atoms with Crippen LogP contribution in [-0.4, -0.2) is 33.8 Å². The Kier molecular flexibility index (Phi) is 4.63. The van der Waals surface area contributed by atoms with E-state index in [1.807, 2.05) is 30.3 Å². The predicted octanol–water partition coefficient (Wildman–Crippen LogP) is 3.65. The zero-order chi connectivity index (χ0) is 22.9. The fourth-order valence-corrected chi connectivity index (χ4v) is 6.42. The van der Waals surface area contributed by atoms with E-state index in [2.05, 4.69) is 17.5 Å². The van der Waals surface area contributed by atoms with Gasteiger partial charge < -0.3 is 10.4 Å². The molecule has 1 saturated heterocycles. The van der Waals surface area contributed by atoms with Crippen molar-refractivity contribution >= 4 is 35.0 Å². The van der Waals surface area contributed by atoms with E-state index in [-0.39, 0.29) is 53.3 Å². The number of phenols is 1. The van der Waals surface area contributed by atoms with Crippen LogP contribution in [0.25, 0.3) is 0 Å². The maximum atomic E-state index is 13.6. The molecule has 0 aromatic heterocycles. The van der Waals surface area contributed by atoms with Gasteiger partial charge in [-0.3, -0.25) is 19.3 Å². The second-order valence-corrected chi connectivity index (χ2v) is 9.99. The Bertz CT molecular complexity index is 1160. The number of anilines is 1. The third kappa shape index (κ3) is 3.19. The highest BCUT2D eigenvalue weighted by Crippen LogP contribution is 2.65. The molecule has 5 aliphatic rings. The van der Waals surface area contributed by atoms with Crippen LogP contribution >= 0.6 is 11.6 Å². The molecule has 7 atom stereocenters. The van der Waals surface area contributed by atoms with Gasteiger partial charge in [-0.25, -0.2) is 0 Å². The topological polar surface area (TPSA) is 86.7 Å². The Morgan fingerprint density at radius 3 is 2.30 bits per heavy atom. The number of nitrogens with one attached hydrogen (secondary N) is 1. The van der Waals surface area contributed by atoms with Crippen molar-refractivity contribution in [3.05, 3.63) is 71.3 Å². The van der Waals surface area contributed by atoms with Crippen molar-refractivity contribution in [2.45, 2.75) is 18.9 Å². The largest absolute Gasteiger partial charge is 0.506 e. The lowest BCUT2D eigenvalue weighted by Crippen LogP contribution is -2.49. The summed E-state index contributed by atoms with van der Waals surface area (Å²) in [6, 6.07) is 12.7. The lowest BCUT2D eigenvalue weighted by molar-refractivity contribution is -0.146. The molecule has 0 radical (unpaired) electrons. The van der Waals surface area contributed by atoms with Crippen molar-refractivity contribution in [1.29, 1.82) is 0 Å². The summed E-state index contributed by atoms with van der Waals surface area (Å²) in [7, 11) is 0. The van der Waals surface area contributed by atoms with Crippen molar-refractivity contribution in [1.82, 2.24) is 4.90 Å². The molecule has 3 fully saturated rings. The van der Waals surface area contributed by atoms with Gasteiger partial charge in [0.2, 0.25) is 17.7 Å². The summed E-state index contributed by atoms with van der Waals surface area (Å²) in [5.41, 5.74) is 0.984. The van der Waals surface area contributed by atoms with Crippen LogP contribution in [0.1, 0.15) is 12.0 Å². The smallest absolute Gasteiger partial charge is 0.248 e. The summed E-state index contributed by atoms with van der Waals surface area (Å²) >= 11 is 6.03. The number of carbonyl (C=O) groups is 3. The van der Waals surface area contributed by atoms with Crippen molar-refractivity contribution in [2.24, 2.45) is 35.5 Å². The molecule has 2 bridgehead atoms. The van der Waals surface area contributed by atoms with Gasteiger partial charge in [-0.15, -0.1) is 0 Å². The summed E-state index contributed by atoms with van der Waals surface area (Å²) < 4.78 is 0. The van der Waals surface area contributed by atoms with E-state index in [0.717, 1.165) is 12.0 Å². The highest BCUT2D eigenvalue weighted by Gasteiger charge is 2.67. The van der Waals surface area contributed by atoms with Crippen LogP contribution in [0.3, 0.4) is 0 Å². The van der Waals surface area contributed by atoms with Gasteiger partial charge in [-0.1, -0.05) is 54.1 Å². The molecule has 3 amide bonds. The normalized spacial score (nSPS) is 31.8. The first-order valence-electron chi connectivity index (χ1n) is 11.3. The highest BCUT2D eigenvalue weighted by atomic mass is 35.5. The van der Waals surface area contributed by atoms with Gasteiger partial charge in [0.15, 0.2) is 0 Å². The van der Waals surface area contributed by atoms with Gasteiger partial charge in [0.1, 0.15) is 11.8 Å². The van der Waals surface area contributed by atoms with Gasteiger partial charge in [0.25, 0.3) is 0 Å². The number of imide groups is 1. The molecular formula is C26H23ClN2O4. The monoisotopic (exact) mass is 462 g/mol. The molecule has 6 nitrogen and oxygen atoms in total. The average Bonchev–Trinajstić information content (AvgIpc) is 3.59. The van der Waals surface area contributed by atoms with Crippen molar-refractivity contribution in [3.8, 4) is 5.75 Å². The predicted molar refractivity (Wildman–Crippen MR) is 122 cm³/mol. The molecule has 7 rings (SSSR count). The minimum Gasteiger partial charge on any atom is -0.506 e. The molecule has 168 valence electrons. The molecule has 4 aliphatic carbocycles. The molecule has 0 unspecified atom stereocenters. The lowest BCUT2D eigenvalue weighted by atomic mass is 9.63. The number of amides is 3. The number of halogens is 1. The van der Waals surface area contributed by atoms with Crippen molar-refractivity contribution in [3.63, 3.8) is 0 Å².